The molecule has 1 saturated heterocycles. The fourth-order valence-corrected chi connectivity index (χ4v) is 2.02. The Bertz CT molecular complexity index is 452. The summed E-state index contributed by atoms with van der Waals surface area (Å²) < 4.78 is 6.74. The number of aliphatic carboxylic acids is 1. The van der Waals surface area contributed by atoms with Crippen molar-refractivity contribution in [3.63, 3.8) is 0 Å². The zero-order valence-corrected chi connectivity index (χ0v) is 10.5. The fourth-order valence-electron chi connectivity index (χ4n) is 2.02. The molecule has 104 valence electrons. The van der Waals surface area contributed by atoms with Crippen LogP contribution >= 0.6 is 0 Å². The summed E-state index contributed by atoms with van der Waals surface area (Å²) in [7, 11) is 0. The summed E-state index contributed by atoms with van der Waals surface area (Å²) in [6.07, 6.45) is 4.85. The molecule has 0 bridgehead atoms. The number of hydrogen-bond donors (Lipinski definition) is 2. The number of anilines is 1. The van der Waals surface area contributed by atoms with Crippen molar-refractivity contribution in [1.82, 2.24) is 9.78 Å². The van der Waals surface area contributed by atoms with E-state index in [0.29, 0.717) is 18.8 Å². The second-order valence-electron chi connectivity index (χ2n) is 4.53. The van der Waals surface area contributed by atoms with Crippen LogP contribution in [0.3, 0.4) is 0 Å². The molecule has 0 aliphatic carbocycles. The van der Waals surface area contributed by atoms with Gasteiger partial charge in [-0.2, -0.15) is 5.10 Å². The topological polar surface area (TPSA) is 93.5 Å². The number of nitrogens with zero attached hydrogens (tertiary/aromatic N) is 2. The first kappa shape index (κ1) is 13.5. The molecule has 1 atom stereocenters. The highest BCUT2D eigenvalue weighted by Crippen LogP contribution is 2.16. The minimum absolute atomic E-state index is 0.0187. The Morgan fingerprint density at radius 3 is 3.05 bits per heavy atom. The lowest BCUT2D eigenvalue weighted by atomic mass is 10.1. The molecule has 1 aromatic heterocycles. The summed E-state index contributed by atoms with van der Waals surface area (Å²) in [5.41, 5.74) is 0. The van der Waals surface area contributed by atoms with E-state index in [1.54, 1.807) is 6.07 Å². The Hall–Kier alpha value is -1.89. The molecule has 2 N–H and O–H groups in total. The summed E-state index contributed by atoms with van der Waals surface area (Å²) in [4.78, 5) is 22.3. The van der Waals surface area contributed by atoms with Gasteiger partial charge in [0, 0.05) is 18.9 Å². The van der Waals surface area contributed by atoms with E-state index in [4.69, 9.17) is 9.84 Å². The molecule has 7 nitrogen and oxygen atoms in total. The molecule has 0 radical (unpaired) electrons. The summed E-state index contributed by atoms with van der Waals surface area (Å²) in [6, 6.07) is 1.57. The molecule has 1 fully saturated rings. The molecule has 2 heterocycles. The molecule has 1 aliphatic rings. The smallest absolute Gasteiger partial charge is 0.325 e. The van der Waals surface area contributed by atoms with Crippen molar-refractivity contribution in [2.24, 2.45) is 0 Å². The lowest BCUT2D eigenvalue weighted by Crippen LogP contribution is -2.25. The molecule has 19 heavy (non-hydrogen) atoms. The Kier molecular flexibility index (Phi) is 4.51. The van der Waals surface area contributed by atoms with Gasteiger partial charge in [0.1, 0.15) is 6.54 Å². The molecule has 2 rings (SSSR count). The van der Waals surface area contributed by atoms with Crippen LogP contribution in [0.2, 0.25) is 0 Å². The predicted molar refractivity (Wildman–Crippen MR) is 66.7 cm³/mol. The number of hydrogen-bond acceptors (Lipinski definition) is 4. The number of ether oxygens (including phenoxy) is 1. The quantitative estimate of drug-likeness (QED) is 0.825. The van der Waals surface area contributed by atoms with Crippen LogP contribution in [-0.2, 0) is 20.9 Å². The van der Waals surface area contributed by atoms with E-state index < -0.39 is 5.97 Å². The zero-order chi connectivity index (χ0) is 13.7. The number of nitrogens with one attached hydrogen (secondary N) is 1. The van der Waals surface area contributed by atoms with E-state index in [1.807, 2.05) is 0 Å². The normalized spacial score (nSPS) is 19.1. The Labute approximate surface area is 110 Å². The van der Waals surface area contributed by atoms with E-state index in [0.717, 1.165) is 19.3 Å². The molecule has 0 aromatic carbocycles. The van der Waals surface area contributed by atoms with E-state index >= 15 is 0 Å². The lowest BCUT2D eigenvalue weighted by molar-refractivity contribution is -0.137. The van der Waals surface area contributed by atoms with Crippen LogP contribution in [0.25, 0.3) is 0 Å². The van der Waals surface area contributed by atoms with Gasteiger partial charge in [-0.05, 0) is 19.3 Å². The molecular formula is C12H17N3O4. The zero-order valence-electron chi connectivity index (χ0n) is 10.5. The van der Waals surface area contributed by atoms with Crippen molar-refractivity contribution >= 4 is 17.7 Å². The van der Waals surface area contributed by atoms with Crippen molar-refractivity contribution < 1.29 is 19.4 Å². The van der Waals surface area contributed by atoms with Gasteiger partial charge in [-0.25, -0.2) is 0 Å². The molecule has 1 aliphatic heterocycles. The SMILES string of the molecule is O=C(O)Cn1ccc(NC(=O)C[C@@H]2CCCCO2)n1. The minimum Gasteiger partial charge on any atom is -0.480 e. The van der Waals surface area contributed by atoms with Crippen LogP contribution in [0.5, 0.6) is 0 Å². The lowest BCUT2D eigenvalue weighted by Gasteiger charge is -2.21. The third-order valence-corrected chi connectivity index (χ3v) is 2.89. The Morgan fingerprint density at radius 1 is 1.53 bits per heavy atom. The van der Waals surface area contributed by atoms with E-state index in [2.05, 4.69) is 10.4 Å². The number of rotatable bonds is 5. The van der Waals surface area contributed by atoms with Crippen molar-refractivity contribution in [3.05, 3.63) is 12.3 Å². The average Bonchev–Trinajstić information content (AvgIpc) is 2.76. The first-order valence-electron chi connectivity index (χ1n) is 6.30. The molecule has 0 unspecified atom stereocenters. The molecule has 1 aromatic rings. The van der Waals surface area contributed by atoms with Gasteiger partial charge in [-0.15, -0.1) is 0 Å². The molecule has 7 heteroatoms. The highest BCUT2D eigenvalue weighted by molar-refractivity contribution is 5.90. The number of carboxylic acid groups (broad SMARTS) is 1. The largest absolute Gasteiger partial charge is 0.480 e. The number of amides is 1. The maximum Gasteiger partial charge on any atom is 0.325 e. The van der Waals surface area contributed by atoms with Crippen LogP contribution in [0.15, 0.2) is 12.3 Å². The maximum atomic E-state index is 11.8. The number of carboxylic acids is 1. The summed E-state index contributed by atoms with van der Waals surface area (Å²) in [6.45, 7) is 0.493. The number of carbonyl (C=O) groups excluding carboxylic acids is 1. The Morgan fingerprint density at radius 2 is 2.37 bits per heavy atom. The maximum absolute atomic E-state index is 11.8. The predicted octanol–water partition coefficient (Wildman–Crippen LogP) is 0.865. The molecule has 1 amide bonds. The standard InChI is InChI=1S/C12H17N3O4/c16-11(7-9-3-1-2-6-19-9)13-10-4-5-15(14-10)8-12(17)18/h4-5,9H,1-3,6-8H2,(H,17,18)(H,13,14,16)/t9-/m0/s1. The van der Waals surface area contributed by atoms with Crippen molar-refractivity contribution in [1.29, 1.82) is 0 Å². The summed E-state index contributed by atoms with van der Waals surface area (Å²) >= 11 is 0. The van der Waals surface area contributed by atoms with Gasteiger partial charge in [0.15, 0.2) is 5.82 Å². The molecule has 0 spiro atoms. The van der Waals surface area contributed by atoms with Gasteiger partial charge in [0.25, 0.3) is 0 Å². The summed E-state index contributed by atoms with van der Waals surface area (Å²) in [5, 5.41) is 15.2. The average molecular weight is 267 g/mol. The van der Waals surface area contributed by atoms with Gasteiger partial charge >= 0.3 is 5.97 Å². The van der Waals surface area contributed by atoms with Gasteiger partial charge < -0.3 is 15.2 Å². The third-order valence-electron chi connectivity index (χ3n) is 2.89. The van der Waals surface area contributed by atoms with Crippen molar-refractivity contribution in [2.75, 3.05) is 11.9 Å². The highest BCUT2D eigenvalue weighted by atomic mass is 16.5. The van der Waals surface area contributed by atoms with E-state index in [1.165, 1.54) is 10.9 Å². The third kappa shape index (κ3) is 4.36. The van der Waals surface area contributed by atoms with Crippen LogP contribution in [0.4, 0.5) is 5.82 Å². The van der Waals surface area contributed by atoms with Gasteiger partial charge in [-0.3, -0.25) is 14.3 Å². The first-order valence-corrected chi connectivity index (χ1v) is 6.30. The second kappa shape index (κ2) is 6.33. The van der Waals surface area contributed by atoms with Crippen molar-refractivity contribution in [3.8, 4) is 0 Å². The fraction of sp³-hybridized carbons (Fsp3) is 0.583. The molecule has 0 saturated carbocycles. The molecular weight excluding hydrogens is 250 g/mol. The van der Waals surface area contributed by atoms with Crippen LogP contribution in [0, 0.1) is 0 Å². The van der Waals surface area contributed by atoms with Gasteiger partial charge in [-0.1, -0.05) is 0 Å². The van der Waals surface area contributed by atoms with Gasteiger partial charge in [0.05, 0.1) is 12.5 Å². The van der Waals surface area contributed by atoms with Gasteiger partial charge in [0.2, 0.25) is 5.91 Å². The minimum atomic E-state index is -0.975. The van der Waals surface area contributed by atoms with Crippen LogP contribution in [-0.4, -0.2) is 39.5 Å². The van der Waals surface area contributed by atoms with E-state index in [9.17, 15) is 9.59 Å². The monoisotopic (exact) mass is 267 g/mol. The highest BCUT2D eigenvalue weighted by Gasteiger charge is 2.18. The van der Waals surface area contributed by atoms with Crippen LogP contribution in [0.1, 0.15) is 25.7 Å². The second-order valence-corrected chi connectivity index (χ2v) is 4.53. The first-order chi connectivity index (χ1) is 9.13. The number of carbonyl (C=O) groups is 2. The van der Waals surface area contributed by atoms with Crippen LogP contribution < -0.4 is 5.32 Å². The Balaban J connectivity index is 1.81. The number of aromatic nitrogens is 2. The van der Waals surface area contributed by atoms with E-state index in [-0.39, 0.29) is 18.6 Å². The summed E-state index contributed by atoms with van der Waals surface area (Å²) in [5.74, 6) is -0.772. The van der Waals surface area contributed by atoms with Crippen molar-refractivity contribution in [2.45, 2.75) is 38.3 Å².